The number of hydrogen-bond acceptors (Lipinski definition) is 0. The Morgan fingerprint density at radius 1 is 1.20 bits per heavy atom. The van der Waals surface area contributed by atoms with Gasteiger partial charge in [-0.15, -0.1) is 0 Å². The molecule has 0 saturated heterocycles. The summed E-state index contributed by atoms with van der Waals surface area (Å²) in [6.45, 7) is 17.4. The molecule has 0 spiro atoms. The lowest BCUT2D eigenvalue weighted by Crippen LogP contribution is -2.21. The van der Waals surface area contributed by atoms with Crippen LogP contribution in [-0.4, -0.2) is 0 Å². The molecule has 0 atom stereocenters. The Morgan fingerprint density at radius 3 is 2.40 bits per heavy atom. The molecule has 0 aromatic rings. The van der Waals surface area contributed by atoms with Crippen molar-refractivity contribution in [1.82, 2.24) is 0 Å². The average Bonchev–Trinajstić information content (AvgIpc) is 2.26. The van der Waals surface area contributed by atoms with E-state index in [-0.39, 0.29) is 0 Å². The summed E-state index contributed by atoms with van der Waals surface area (Å²) in [6, 6.07) is 0. The predicted molar refractivity (Wildman–Crippen MR) is 91.8 cm³/mol. The van der Waals surface area contributed by atoms with Crippen molar-refractivity contribution >= 4 is 0 Å². The van der Waals surface area contributed by atoms with Gasteiger partial charge in [0.25, 0.3) is 0 Å². The Hall–Kier alpha value is -1.30. The number of rotatable bonds is 4. The normalized spacial score (nSPS) is 20.7. The van der Waals surface area contributed by atoms with Crippen molar-refractivity contribution in [3.63, 3.8) is 0 Å². The van der Waals surface area contributed by atoms with Crippen LogP contribution in [0, 0.1) is 5.41 Å². The van der Waals surface area contributed by atoms with Crippen LogP contribution in [0.1, 0.15) is 60.8 Å². The van der Waals surface area contributed by atoms with E-state index in [1.807, 2.05) is 13.0 Å². The molecule has 110 valence electrons. The van der Waals surface area contributed by atoms with Gasteiger partial charge in [0.15, 0.2) is 0 Å². The summed E-state index contributed by atoms with van der Waals surface area (Å²) in [5, 5.41) is 0. The Kier molecular flexibility index (Phi) is 5.80. The fraction of sp³-hybridized carbons (Fsp3) is 0.500. The van der Waals surface area contributed by atoms with Crippen LogP contribution >= 0.6 is 0 Å². The highest BCUT2D eigenvalue weighted by Crippen LogP contribution is 2.43. The second-order valence-corrected chi connectivity index (χ2v) is 6.84. The molecule has 20 heavy (non-hydrogen) atoms. The molecule has 0 amide bonds. The smallest absolute Gasteiger partial charge is 0.0101 e. The van der Waals surface area contributed by atoms with E-state index in [0.29, 0.717) is 5.41 Å². The topological polar surface area (TPSA) is 0 Å². The van der Waals surface area contributed by atoms with Crippen molar-refractivity contribution in [2.75, 3.05) is 0 Å². The molecule has 0 saturated carbocycles. The van der Waals surface area contributed by atoms with Crippen molar-refractivity contribution in [2.24, 2.45) is 5.41 Å². The van der Waals surface area contributed by atoms with Crippen LogP contribution in [0.25, 0.3) is 0 Å². The largest absolute Gasteiger partial charge is 0.0961 e. The summed E-state index contributed by atoms with van der Waals surface area (Å²) in [5.41, 5.74) is 7.25. The third-order valence-corrected chi connectivity index (χ3v) is 4.04. The van der Waals surface area contributed by atoms with Crippen LogP contribution in [0.2, 0.25) is 0 Å². The lowest BCUT2D eigenvalue weighted by Gasteiger charge is -2.35. The SMILES string of the molecule is C=C(C)C=CC=C(C)C=C(C)C1=C(C)CCCC1(C)C. The van der Waals surface area contributed by atoms with Crippen LogP contribution in [-0.2, 0) is 0 Å². The van der Waals surface area contributed by atoms with Crippen LogP contribution < -0.4 is 0 Å². The third kappa shape index (κ3) is 4.67. The predicted octanol–water partition coefficient (Wildman–Crippen LogP) is 6.54. The molecule has 1 aliphatic rings. The van der Waals surface area contributed by atoms with E-state index in [1.165, 1.54) is 30.4 Å². The Bertz CT molecular complexity index is 490. The molecule has 1 aliphatic carbocycles. The van der Waals surface area contributed by atoms with Crippen LogP contribution in [0.4, 0.5) is 0 Å². The minimum atomic E-state index is 0.316. The maximum atomic E-state index is 3.88. The van der Waals surface area contributed by atoms with Crippen molar-refractivity contribution in [3.05, 3.63) is 58.7 Å². The maximum absolute atomic E-state index is 3.88. The summed E-state index contributed by atoms with van der Waals surface area (Å²) < 4.78 is 0. The van der Waals surface area contributed by atoms with Gasteiger partial charge in [0.05, 0.1) is 0 Å². The standard InChI is InChI=1S/C20H30/c1-15(2)10-8-11-16(3)14-18(5)19-17(4)12-9-13-20(19,6)7/h8,10-11,14H,1,9,12-13H2,2-7H3. The van der Waals surface area contributed by atoms with Gasteiger partial charge >= 0.3 is 0 Å². The molecule has 0 fully saturated rings. The fourth-order valence-corrected chi connectivity index (χ4v) is 3.32. The summed E-state index contributed by atoms with van der Waals surface area (Å²) >= 11 is 0. The van der Waals surface area contributed by atoms with Gasteiger partial charge in [-0.1, -0.05) is 61.4 Å². The minimum Gasteiger partial charge on any atom is -0.0961 e. The summed E-state index contributed by atoms with van der Waals surface area (Å²) in [4.78, 5) is 0. The molecule has 0 aromatic heterocycles. The number of allylic oxidation sites excluding steroid dienone is 9. The van der Waals surface area contributed by atoms with Gasteiger partial charge in [0, 0.05) is 0 Å². The van der Waals surface area contributed by atoms with Gasteiger partial charge in [0.1, 0.15) is 0 Å². The Morgan fingerprint density at radius 2 is 1.85 bits per heavy atom. The van der Waals surface area contributed by atoms with Crippen molar-refractivity contribution in [1.29, 1.82) is 0 Å². The quantitative estimate of drug-likeness (QED) is 0.509. The Labute approximate surface area is 125 Å². The molecule has 0 unspecified atom stereocenters. The van der Waals surface area contributed by atoms with E-state index < -0.39 is 0 Å². The first-order valence-electron chi connectivity index (χ1n) is 7.63. The van der Waals surface area contributed by atoms with Gasteiger partial charge in [-0.3, -0.25) is 0 Å². The molecule has 0 aliphatic heterocycles. The maximum Gasteiger partial charge on any atom is -0.0101 e. The second-order valence-electron chi connectivity index (χ2n) is 6.84. The van der Waals surface area contributed by atoms with E-state index in [4.69, 9.17) is 0 Å². The van der Waals surface area contributed by atoms with Crippen molar-refractivity contribution in [2.45, 2.75) is 60.8 Å². The van der Waals surface area contributed by atoms with Gasteiger partial charge in [-0.2, -0.15) is 0 Å². The van der Waals surface area contributed by atoms with Gasteiger partial charge in [0.2, 0.25) is 0 Å². The second kappa shape index (κ2) is 6.92. The van der Waals surface area contributed by atoms with Gasteiger partial charge in [-0.25, -0.2) is 0 Å². The molecular formula is C20H30. The van der Waals surface area contributed by atoms with E-state index in [1.54, 1.807) is 11.1 Å². The first-order valence-corrected chi connectivity index (χ1v) is 7.63. The highest BCUT2D eigenvalue weighted by atomic mass is 14.3. The number of hydrogen-bond donors (Lipinski definition) is 0. The zero-order chi connectivity index (χ0) is 15.3. The zero-order valence-electron chi connectivity index (χ0n) is 14.1. The van der Waals surface area contributed by atoms with Crippen LogP contribution in [0.3, 0.4) is 0 Å². The molecule has 0 heterocycles. The third-order valence-electron chi connectivity index (χ3n) is 4.04. The van der Waals surface area contributed by atoms with Crippen molar-refractivity contribution < 1.29 is 0 Å². The van der Waals surface area contributed by atoms with Crippen LogP contribution in [0.15, 0.2) is 58.7 Å². The molecule has 0 radical (unpaired) electrons. The summed E-state index contributed by atoms with van der Waals surface area (Å²) in [6.07, 6.45) is 12.5. The molecule has 0 bridgehead atoms. The highest BCUT2D eigenvalue weighted by molar-refractivity contribution is 5.43. The van der Waals surface area contributed by atoms with E-state index >= 15 is 0 Å². The monoisotopic (exact) mass is 270 g/mol. The van der Waals surface area contributed by atoms with E-state index in [9.17, 15) is 0 Å². The fourth-order valence-electron chi connectivity index (χ4n) is 3.32. The molecule has 1 rings (SSSR count). The molecule has 0 N–H and O–H groups in total. The highest BCUT2D eigenvalue weighted by Gasteiger charge is 2.28. The summed E-state index contributed by atoms with van der Waals surface area (Å²) in [7, 11) is 0. The molecule has 0 nitrogen and oxygen atoms in total. The first kappa shape index (κ1) is 16.8. The van der Waals surface area contributed by atoms with Crippen LogP contribution in [0.5, 0.6) is 0 Å². The zero-order valence-corrected chi connectivity index (χ0v) is 14.1. The average molecular weight is 270 g/mol. The first-order chi connectivity index (χ1) is 9.24. The van der Waals surface area contributed by atoms with E-state index in [0.717, 1.165) is 5.57 Å². The molecule has 0 heteroatoms. The van der Waals surface area contributed by atoms with E-state index in [2.05, 4.69) is 59.4 Å². The van der Waals surface area contributed by atoms with Gasteiger partial charge in [-0.05, 0) is 63.5 Å². The lowest BCUT2D eigenvalue weighted by atomic mass is 9.70. The van der Waals surface area contributed by atoms with Crippen molar-refractivity contribution in [3.8, 4) is 0 Å². The lowest BCUT2D eigenvalue weighted by molar-refractivity contribution is 0.372. The summed E-state index contributed by atoms with van der Waals surface area (Å²) in [5.74, 6) is 0. The molecule has 0 aromatic carbocycles. The van der Waals surface area contributed by atoms with Gasteiger partial charge < -0.3 is 0 Å². The minimum absolute atomic E-state index is 0.316. The molecular weight excluding hydrogens is 240 g/mol. The Balaban J connectivity index is 3.01.